The molecule has 4 N–H and O–H groups in total. The fourth-order valence-electron chi connectivity index (χ4n) is 1.41. The van der Waals surface area contributed by atoms with Crippen LogP contribution in [0.4, 0.5) is 5.69 Å². The second-order valence-corrected chi connectivity index (χ2v) is 5.67. The minimum atomic E-state index is -3.61. The highest BCUT2D eigenvalue weighted by Gasteiger charge is 2.13. The molecule has 0 heterocycles. The van der Waals surface area contributed by atoms with Gasteiger partial charge in [0.1, 0.15) is 6.61 Å². The minimum absolute atomic E-state index is 0.0696. The maximum Gasteiger partial charge on any atom is 0.250 e. The van der Waals surface area contributed by atoms with Crippen molar-refractivity contribution in [2.45, 2.75) is 11.8 Å². The molecule has 0 aliphatic carbocycles. The zero-order chi connectivity index (χ0) is 15.0. The first-order valence-electron chi connectivity index (χ1n) is 6.17. The van der Waals surface area contributed by atoms with Gasteiger partial charge < -0.3 is 15.8 Å². The molecule has 7 nitrogen and oxygen atoms in total. The van der Waals surface area contributed by atoms with Gasteiger partial charge in [0.25, 0.3) is 0 Å². The van der Waals surface area contributed by atoms with E-state index < -0.39 is 10.0 Å². The highest BCUT2D eigenvalue weighted by Crippen LogP contribution is 2.15. The molecule has 0 fully saturated rings. The van der Waals surface area contributed by atoms with Gasteiger partial charge in [0.05, 0.1) is 4.90 Å². The zero-order valence-corrected chi connectivity index (χ0v) is 12.1. The van der Waals surface area contributed by atoms with Crippen LogP contribution < -0.4 is 15.8 Å². The molecule has 0 aromatic heterocycles. The van der Waals surface area contributed by atoms with Crippen LogP contribution in [0.3, 0.4) is 0 Å². The van der Waals surface area contributed by atoms with Crippen LogP contribution in [-0.4, -0.2) is 40.6 Å². The Kier molecular flexibility index (Phi) is 6.59. The zero-order valence-electron chi connectivity index (χ0n) is 11.3. The minimum Gasteiger partial charge on any atom is -0.372 e. The molecule has 0 aliphatic heterocycles. The molecule has 112 valence electrons. The molecule has 20 heavy (non-hydrogen) atoms. The van der Waals surface area contributed by atoms with E-state index in [4.69, 9.17) is 10.5 Å². The first-order chi connectivity index (χ1) is 9.49. The van der Waals surface area contributed by atoms with E-state index in [2.05, 4.69) is 10.0 Å². The van der Waals surface area contributed by atoms with Crippen molar-refractivity contribution in [3.05, 3.63) is 24.3 Å². The number of sulfonamides is 1. The fraction of sp³-hybridized carbons (Fsp3) is 0.417. The lowest BCUT2D eigenvalue weighted by Crippen LogP contribution is -2.29. The van der Waals surface area contributed by atoms with Gasteiger partial charge in [0.15, 0.2) is 0 Å². The molecule has 0 spiro atoms. The maximum absolute atomic E-state index is 11.9. The lowest BCUT2D eigenvalue weighted by molar-refractivity contribution is -0.120. The highest BCUT2D eigenvalue weighted by molar-refractivity contribution is 7.89. The summed E-state index contributed by atoms with van der Waals surface area (Å²) in [7, 11) is -3.61. The average Bonchev–Trinajstić information content (AvgIpc) is 2.43. The predicted molar refractivity (Wildman–Crippen MR) is 75.8 cm³/mol. The van der Waals surface area contributed by atoms with E-state index in [-0.39, 0.29) is 30.5 Å². The van der Waals surface area contributed by atoms with E-state index in [9.17, 15) is 13.2 Å². The first-order valence-corrected chi connectivity index (χ1v) is 7.65. The number of nitrogens with one attached hydrogen (secondary N) is 2. The van der Waals surface area contributed by atoms with Crippen LogP contribution in [0.25, 0.3) is 0 Å². The van der Waals surface area contributed by atoms with Crippen molar-refractivity contribution in [1.82, 2.24) is 4.72 Å². The second-order valence-electron chi connectivity index (χ2n) is 3.90. The van der Waals surface area contributed by atoms with Crippen molar-refractivity contribution >= 4 is 21.6 Å². The number of amides is 1. The number of anilines is 1. The predicted octanol–water partition coefficient (Wildman–Crippen LogP) is -0.101. The molecule has 0 aliphatic rings. The molecule has 1 amide bonds. The molecule has 0 radical (unpaired) electrons. The Bertz CT molecular complexity index is 545. The van der Waals surface area contributed by atoms with Crippen LogP contribution in [0, 0.1) is 0 Å². The number of carbonyl (C=O) groups excluding carboxylic acids is 1. The van der Waals surface area contributed by atoms with Crippen molar-refractivity contribution < 1.29 is 17.9 Å². The molecule has 0 atom stereocenters. The molecule has 1 aromatic rings. The van der Waals surface area contributed by atoms with Gasteiger partial charge in [-0.3, -0.25) is 4.79 Å². The normalized spacial score (nSPS) is 11.3. The van der Waals surface area contributed by atoms with Gasteiger partial charge in [-0.15, -0.1) is 0 Å². The summed E-state index contributed by atoms with van der Waals surface area (Å²) in [4.78, 5) is 11.6. The third-order valence-corrected chi connectivity index (χ3v) is 3.76. The van der Waals surface area contributed by atoms with Gasteiger partial charge >= 0.3 is 0 Å². The molecular weight excluding hydrogens is 282 g/mol. The van der Waals surface area contributed by atoms with Crippen molar-refractivity contribution in [2.75, 3.05) is 31.6 Å². The smallest absolute Gasteiger partial charge is 0.250 e. The average molecular weight is 301 g/mol. The molecular formula is C12H19N3O4S. The van der Waals surface area contributed by atoms with Crippen LogP contribution in [0.5, 0.6) is 0 Å². The largest absolute Gasteiger partial charge is 0.372 e. The van der Waals surface area contributed by atoms with Crippen LogP contribution in [0.2, 0.25) is 0 Å². The Hall–Kier alpha value is -1.48. The van der Waals surface area contributed by atoms with E-state index in [0.29, 0.717) is 12.3 Å². The third kappa shape index (κ3) is 5.25. The summed E-state index contributed by atoms with van der Waals surface area (Å²) < 4.78 is 31.1. The SMILES string of the molecule is CCOCC(=O)Nc1cccc(S(=O)(=O)NCCN)c1. The number of nitrogens with two attached hydrogens (primary N) is 1. The quantitative estimate of drug-likeness (QED) is 0.621. The Morgan fingerprint density at radius 2 is 2.15 bits per heavy atom. The van der Waals surface area contributed by atoms with Crippen molar-refractivity contribution in [2.24, 2.45) is 5.73 Å². The molecule has 1 rings (SSSR count). The molecule has 0 bridgehead atoms. The van der Waals surface area contributed by atoms with E-state index in [0.717, 1.165) is 0 Å². The number of carbonyl (C=O) groups is 1. The van der Waals surface area contributed by atoms with Gasteiger partial charge in [0.2, 0.25) is 15.9 Å². The summed E-state index contributed by atoms with van der Waals surface area (Å²) in [5.74, 6) is -0.337. The summed E-state index contributed by atoms with van der Waals surface area (Å²) in [6.07, 6.45) is 0. The van der Waals surface area contributed by atoms with Crippen LogP contribution in [0.15, 0.2) is 29.2 Å². The van der Waals surface area contributed by atoms with Gasteiger partial charge in [0, 0.05) is 25.4 Å². The lowest BCUT2D eigenvalue weighted by atomic mass is 10.3. The third-order valence-electron chi connectivity index (χ3n) is 2.30. The van der Waals surface area contributed by atoms with Gasteiger partial charge in [-0.05, 0) is 25.1 Å². The molecule has 0 saturated carbocycles. The standard InChI is InChI=1S/C12H19N3O4S/c1-2-19-9-12(16)15-10-4-3-5-11(8-10)20(17,18)14-7-6-13/h3-5,8,14H,2,6-7,9,13H2,1H3,(H,15,16). The molecule has 8 heteroatoms. The first kappa shape index (κ1) is 16.6. The van der Waals surface area contributed by atoms with E-state index in [1.807, 2.05) is 0 Å². The number of ether oxygens (including phenoxy) is 1. The summed E-state index contributed by atoms with van der Waals surface area (Å²) in [5, 5.41) is 2.56. The van der Waals surface area contributed by atoms with Crippen LogP contribution in [-0.2, 0) is 19.6 Å². The highest BCUT2D eigenvalue weighted by atomic mass is 32.2. The number of rotatable bonds is 8. The van der Waals surface area contributed by atoms with Crippen molar-refractivity contribution in [3.63, 3.8) is 0 Å². The van der Waals surface area contributed by atoms with E-state index in [1.165, 1.54) is 12.1 Å². The Labute approximate surface area is 118 Å². The molecule has 0 unspecified atom stereocenters. The summed E-state index contributed by atoms with van der Waals surface area (Å²) in [5.41, 5.74) is 5.65. The summed E-state index contributed by atoms with van der Waals surface area (Å²) in [6, 6.07) is 5.97. The van der Waals surface area contributed by atoms with Crippen molar-refractivity contribution in [3.8, 4) is 0 Å². The topological polar surface area (TPSA) is 111 Å². The maximum atomic E-state index is 11.9. The Morgan fingerprint density at radius 1 is 1.40 bits per heavy atom. The molecule has 0 saturated heterocycles. The van der Waals surface area contributed by atoms with Crippen molar-refractivity contribution in [1.29, 1.82) is 0 Å². The fourth-order valence-corrected chi connectivity index (χ4v) is 2.50. The lowest BCUT2D eigenvalue weighted by Gasteiger charge is -2.09. The van der Waals surface area contributed by atoms with E-state index in [1.54, 1.807) is 19.1 Å². The van der Waals surface area contributed by atoms with Gasteiger partial charge in [-0.25, -0.2) is 13.1 Å². The van der Waals surface area contributed by atoms with Crippen LogP contribution in [0.1, 0.15) is 6.92 Å². The Balaban J connectivity index is 2.78. The van der Waals surface area contributed by atoms with Gasteiger partial charge in [-0.1, -0.05) is 6.07 Å². The second kappa shape index (κ2) is 7.95. The number of hydrogen-bond donors (Lipinski definition) is 3. The monoisotopic (exact) mass is 301 g/mol. The summed E-state index contributed by atoms with van der Waals surface area (Å²) >= 11 is 0. The van der Waals surface area contributed by atoms with Gasteiger partial charge in [-0.2, -0.15) is 0 Å². The Morgan fingerprint density at radius 3 is 2.80 bits per heavy atom. The van der Waals surface area contributed by atoms with Crippen LogP contribution >= 0.6 is 0 Å². The number of benzene rings is 1. The van der Waals surface area contributed by atoms with E-state index >= 15 is 0 Å². The summed E-state index contributed by atoms with van der Waals surface area (Å²) in [6.45, 7) is 2.51. The number of hydrogen-bond acceptors (Lipinski definition) is 5. The molecule has 1 aromatic carbocycles.